The van der Waals surface area contributed by atoms with Crippen molar-refractivity contribution in [3.8, 4) is 0 Å². The highest BCUT2D eigenvalue weighted by atomic mass is 16.5. The van der Waals surface area contributed by atoms with Gasteiger partial charge in [0.25, 0.3) is 0 Å². The quantitative estimate of drug-likeness (QED) is 0.828. The second-order valence-corrected chi connectivity index (χ2v) is 4.48. The number of methoxy groups -OCH3 is 1. The highest BCUT2D eigenvalue weighted by Crippen LogP contribution is 2.50. The third-order valence-electron chi connectivity index (χ3n) is 3.22. The Morgan fingerprint density at radius 3 is 2.44 bits per heavy atom. The van der Waals surface area contributed by atoms with Crippen molar-refractivity contribution < 1.29 is 14.6 Å². The summed E-state index contributed by atoms with van der Waals surface area (Å²) in [6, 6.07) is 8.09. The largest absolute Gasteiger partial charge is 0.481 e. The van der Waals surface area contributed by atoms with E-state index in [1.807, 2.05) is 24.3 Å². The first-order valence-corrected chi connectivity index (χ1v) is 5.46. The van der Waals surface area contributed by atoms with Gasteiger partial charge in [-0.05, 0) is 24.0 Å². The maximum atomic E-state index is 10.8. The SMILES string of the molecule is COCc1ccc(C2(CC(=O)O)CC2)cc1. The fraction of sp³-hybridized carbons (Fsp3) is 0.462. The van der Waals surface area contributed by atoms with Crippen molar-refractivity contribution in [2.45, 2.75) is 31.3 Å². The minimum absolute atomic E-state index is 0.0859. The van der Waals surface area contributed by atoms with Crippen LogP contribution in [0.1, 0.15) is 30.4 Å². The molecule has 86 valence electrons. The summed E-state index contributed by atoms with van der Waals surface area (Å²) in [5.41, 5.74) is 2.18. The second kappa shape index (κ2) is 4.26. The Morgan fingerprint density at radius 2 is 2.00 bits per heavy atom. The number of rotatable bonds is 5. The summed E-state index contributed by atoms with van der Waals surface area (Å²) in [6.07, 6.45) is 2.22. The molecule has 1 N–H and O–H groups in total. The van der Waals surface area contributed by atoms with E-state index in [0.29, 0.717) is 6.61 Å². The van der Waals surface area contributed by atoms with Crippen molar-refractivity contribution in [2.24, 2.45) is 0 Å². The van der Waals surface area contributed by atoms with Crippen molar-refractivity contribution in [1.82, 2.24) is 0 Å². The Morgan fingerprint density at radius 1 is 1.38 bits per heavy atom. The van der Waals surface area contributed by atoms with E-state index in [1.165, 1.54) is 0 Å². The average molecular weight is 220 g/mol. The van der Waals surface area contributed by atoms with E-state index in [4.69, 9.17) is 9.84 Å². The maximum Gasteiger partial charge on any atom is 0.304 e. The Labute approximate surface area is 95.0 Å². The molecule has 0 radical (unpaired) electrons. The molecule has 1 aromatic carbocycles. The van der Waals surface area contributed by atoms with Crippen LogP contribution in [0.25, 0.3) is 0 Å². The highest BCUT2D eigenvalue weighted by Gasteiger charge is 2.45. The number of carbonyl (C=O) groups is 1. The molecule has 0 amide bonds. The topological polar surface area (TPSA) is 46.5 Å². The van der Waals surface area contributed by atoms with Gasteiger partial charge in [0.2, 0.25) is 0 Å². The van der Waals surface area contributed by atoms with Crippen LogP contribution in [0.15, 0.2) is 24.3 Å². The molecule has 3 heteroatoms. The number of carboxylic acid groups (broad SMARTS) is 1. The van der Waals surface area contributed by atoms with Gasteiger partial charge in [-0.25, -0.2) is 0 Å². The van der Waals surface area contributed by atoms with Gasteiger partial charge in [-0.15, -0.1) is 0 Å². The molecule has 0 bridgehead atoms. The molecule has 1 fully saturated rings. The molecule has 1 aliphatic carbocycles. The van der Waals surface area contributed by atoms with E-state index in [0.717, 1.165) is 24.0 Å². The molecule has 1 saturated carbocycles. The molecule has 0 spiro atoms. The summed E-state index contributed by atoms with van der Waals surface area (Å²) >= 11 is 0. The summed E-state index contributed by atoms with van der Waals surface area (Å²) < 4.78 is 5.04. The fourth-order valence-electron chi connectivity index (χ4n) is 2.13. The first kappa shape index (κ1) is 11.1. The first-order chi connectivity index (χ1) is 7.66. The first-order valence-electron chi connectivity index (χ1n) is 5.46. The highest BCUT2D eigenvalue weighted by molar-refractivity contribution is 5.70. The Bertz CT molecular complexity index is 377. The van der Waals surface area contributed by atoms with Gasteiger partial charge < -0.3 is 9.84 Å². The van der Waals surface area contributed by atoms with Crippen molar-refractivity contribution in [1.29, 1.82) is 0 Å². The van der Waals surface area contributed by atoms with Crippen LogP contribution in [-0.2, 0) is 21.6 Å². The lowest BCUT2D eigenvalue weighted by Gasteiger charge is -2.13. The van der Waals surface area contributed by atoms with E-state index in [-0.39, 0.29) is 11.8 Å². The third-order valence-corrected chi connectivity index (χ3v) is 3.22. The minimum atomic E-state index is -0.710. The normalized spacial score (nSPS) is 17.1. The van der Waals surface area contributed by atoms with Crippen LogP contribution < -0.4 is 0 Å². The number of benzene rings is 1. The Kier molecular flexibility index (Phi) is 2.97. The number of carboxylic acids is 1. The van der Waals surface area contributed by atoms with E-state index in [9.17, 15) is 4.79 Å². The summed E-state index contributed by atoms with van der Waals surface area (Å²) in [7, 11) is 1.67. The second-order valence-electron chi connectivity index (χ2n) is 4.48. The lowest BCUT2D eigenvalue weighted by Crippen LogP contribution is -2.12. The molecule has 0 aromatic heterocycles. The predicted molar refractivity (Wildman–Crippen MR) is 60.3 cm³/mol. The lowest BCUT2D eigenvalue weighted by molar-refractivity contribution is -0.137. The van der Waals surface area contributed by atoms with Crippen molar-refractivity contribution in [3.05, 3.63) is 35.4 Å². The van der Waals surface area contributed by atoms with E-state index < -0.39 is 5.97 Å². The standard InChI is InChI=1S/C13H16O3/c1-16-9-10-2-4-11(5-3-10)13(6-7-13)8-12(14)15/h2-5H,6-9H2,1H3,(H,14,15). The van der Waals surface area contributed by atoms with Crippen LogP contribution in [0.5, 0.6) is 0 Å². The van der Waals surface area contributed by atoms with Gasteiger partial charge >= 0.3 is 5.97 Å². The van der Waals surface area contributed by atoms with Crippen LogP contribution >= 0.6 is 0 Å². The zero-order chi connectivity index (χ0) is 11.6. The molecule has 3 nitrogen and oxygen atoms in total. The van der Waals surface area contributed by atoms with E-state index in [2.05, 4.69) is 0 Å². The van der Waals surface area contributed by atoms with Crippen LogP contribution in [0.3, 0.4) is 0 Å². The molecule has 1 aliphatic rings. The number of ether oxygens (including phenoxy) is 1. The van der Waals surface area contributed by atoms with Gasteiger partial charge in [-0.1, -0.05) is 24.3 Å². The molecular formula is C13H16O3. The van der Waals surface area contributed by atoms with Crippen LogP contribution in [0.2, 0.25) is 0 Å². The van der Waals surface area contributed by atoms with Gasteiger partial charge in [0, 0.05) is 12.5 Å². The smallest absolute Gasteiger partial charge is 0.304 e. The van der Waals surface area contributed by atoms with Crippen LogP contribution in [0, 0.1) is 0 Å². The fourth-order valence-corrected chi connectivity index (χ4v) is 2.13. The average Bonchev–Trinajstić information content (AvgIpc) is 2.99. The zero-order valence-electron chi connectivity index (χ0n) is 9.40. The number of hydrogen-bond donors (Lipinski definition) is 1. The Balaban J connectivity index is 2.12. The number of hydrogen-bond acceptors (Lipinski definition) is 2. The predicted octanol–water partition coefficient (Wildman–Crippen LogP) is 2.34. The molecule has 16 heavy (non-hydrogen) atoms. The summed E-state index contributed by atoms with van der Waals surface area (Å²) in [5.74, 6) is -0.710. The van der Waals surface area contributed by atoms with Crippen molar-refractivity contribution in [3.63, 3.8) is 0 Å². The molecule has 1 aromatic rings. The van der Waals surface area contributed by atoms with Gasteiger partial charge in [0.1, 0.15) is 0 Å². The minimum Gasteiger partial charge on any atom is -0.481 e. The molecule has 2 rings (SSSR count). The van der Waals surface area contributed by atoms with Crippen LogP contribution in [0.4, 0.5) is 0 Å². The monoisotopic (exact) mass is 220 g/mol. The molecular weight excluding hydrogens is 204 g/mol. The number of aliphatic carboxylic acids is 1. The summed E-state index contributed by atoms with van der Waals surface area (Å²) in [4.78, 5) is 10.8. The van der Waals surface area contributed by atoms with Crippen molar-refractivity contribution in [2.75, 3.05) is 7.11 Å². The van der Waals surface area contributed by atoms with Crippen LogP contribution in [-0.4, -0.2) is 18.2 Å². The van der Waals surface area contributed by atoms with Gasteiger partial charge in [0.05, 0.1) is 13.0 Å². The molecule has 0 atom stereocenters. The molecule has 0 heterocycles. The summed E-state index contributed by atoms with van der Waals surface area (Å²) in [5, 5.41) is 8.87. The van der Waals surface area contributed by atoms with E-state index in [1.54, 1.807) is 7.11 Å². The summed E-state index contributed by atoms with van der Waals surface area (Å²) in [6.45, 7) is 0.603. The van der Waals surface area contributed by atoms with E-state index >= 15 is 0 Å². The van der Waals surface area contributed by atoms with Gasteiger partial charge in [-0.2, -0.15) is 0 Å². The van der Waals surface area contributed by atoms with Gasteiger partial charge in [-0.3, -0.25) is 4.79 Å². The molecule has 0 saturated heterocycles. The molecule has 0 aliphatic heterocycles. The zero-order valence-corrected chi connectivity index (χ0v) is 9.40. The van der Waals surface area contributed by atoms with Crippen molar-refractivity contribution >= 4 is 5.97 Å². The van der Waals surface area contributed by atoms with Gasteiger partial charge in [0.15, 0.2) is 0 Å². The lowest BCUT2D eigenvalue weighted by atomic mass is 9.92. The molecule has 0 unspecified atom stereocenters. The third kappa shape index (κ3) is 2.25. The Hall–Kier alpha value is -1.35. The maximum absolute atomic E-state index is 10.8.